The molecule has 0 aromatic heterocycles. The molecule has 0 amide bonds. The van der Waals surface area contributed by atoms with E-state index in [9.17, 15) is 14.9 Å². The number of nitro benzene ring substituents is 1. The van der Waals surface area contributed by atoms with E-state index in [1.165, 1.54) is 6.07 Å². The average Bonchev–Trinajstić information content (AvgIpc) is 2.28. The van der Waals surface area contributed by atoms with E-state index in [2.05, 4.69) is 0 Å². The molecule has 6 heteroatoms. The van der Waals surface area contributed by atoms with Crippen LogP contribution in [-0.4, -0.2) is 29.6 Å². The van der Waals surface area contributed by atoms with Crippen molar-refractivity contribution in [3.05, 3.63) is 33.9 Å². The Bertz CT molecular complexity index is 459. The molecule has 0 atom stereocenters. The fourth-order valence-electron chi connectivity index (χ4n) is 1.81. The van der Waals surface area contributed by atoms with E-state index in [0.29, 0.717) is 18.5 Å². The Hall–Kier alpha value is -2.11. The van der Waals surface area contributed by atoms with Gasteiger partial charge in [-0.15, -0.1) is 0 Å². The minimum atomic E-state index is -0.834. The number of hydrogen-bond acceptors (Lipinski definition) is 4. The molecule has 0 aliphatic heterocycles. The number of benzene rings is 1. The molecule has 1 aromatic carbocycles. The van der Waals surface area contributed by atoms with Crippen molar-refractivity contribution in [1.82, 2.24) is 0 Å². The van der Waals surface area contributed by atoms with Gasteiger partial charge in [0.1, 0.15) is 0 Å². The van der Waals surface area contributed by atoms with Crippen LogP contribution in [0.3, 0.4) is 0 Å². The van der Waals surface area contributed by atoms with Crippen LogP contribution in [-0.2, 0) is 4.79 Å². The monoisotopic (exact) mass is 252 g/mol. The third-order valence-electron chi connectivity index (χ3n) is 2.77. The number of nitrogens with zero attached hydrogens (tertiary/aromatic N) is 2. The molecule has 98 valence electrons. The molecule has 0 radical (unpaired) electrons. The number of nitro groups is 1. The van der Waals surface area contributed by atoms with Crippen LogP contribution in [0.15, 0.2) is 18.2 Å². The summed E-state index contributed by atoms with van der Waals surface area (Å²) in [5.41, 5.74) is 1.44. The van der Waals surface area contributed by atoms with Gasteiger partial charge < -0.3 is 10.0 Å². The van der Waals surface area contributed by atoms with Crippen LogP contribution >= 0.6 is 0 Å². The topological polar surface area (TPSA) is 83.7 Å². The fourth-order valence-corrected chi connectivity index (χ4v) is 1.81. The molecule has 0 saturated carbocycles. The molecule has 18 heavy (non-hydrogen) atoms. The quantitative estimate of drug-likeness (QED) is 0.619. The molecule has 0 saturated heterocycles. The summed E-state index contributed by atoms with van der Waals surface area (Å²) >= 11 is 0. The van der Waals surface area contributed by atoms with E-state index in [1.807, 2.05) is 4.90 Å². The first-order valence-corrected chi connectivity index (χ1v) is 5.60. The van der Waals surface area contributed by atoms with Gasteiger partial charge in [0.2, 0.25) is 0 Å². The van der Waals surface area contributed by atoms with Gasteiger partial charge in [0.25, 0.3) is 5.69 Å². The number of anilines is 1. The number of hydrogen-bond donors (Lipinski definition) is 1. The number of carbonyl (C=O) groups is 1. The molecule has 0 fully saturated rings. The van der Waals surface area contributed by atoms with Crippen molar-refractivity contribution in [1.29, 1.82) is 0 Å². The third kappa shape index (κ3) is 3.44. The van der Waals surface area contributed by atoms with Gasteiger partial charge in [-0.2, -0.15) is 0 Å². The molecule has 1 rings (SSSR count). The minimum absolute atomic E-state index is 0.0811. The fraction of sp³-hybridized carbons (Fsp3) is 0.417. The summed E-state index contributed by atoms with van der Waals surface area (Å²) in [4.78, 5) is 22.7. The van der Waals surface area contributed by atoms with Crippen molar-refractivity contribution in [2.45, 2.75) is 19.8 Å². The van der Waals surface area contributed by atoms with Gasteiger partial charge in [0.15, 0.2) is 0 Å². The van der Waals surface area contributed by atoms with Crippen LogP contribution in [0.4, 0.5) is 11.4 Å². The minimum Gasteiger partial charge on any atom is -0.481 e. The highest BCUT2D eigenvalue weighted by molar-refractivity contribution is 5.66. The average molecular weight is 252 g/mol. The summed E-state index contributed by atoms with van der Waals surface area (Å²) in [5.74, 6) is -0.834. The molecule has 0 bridgehead atoms. The van der Waals surface area contributed by atoms with Crippen molar-refractivity contribution >= 4 is 17.3 Å². The summed E-state index contributed by atoms with van der Waals surface area (Å²) in [7, 11) is 1.80. The highest BCUT2D eigenvalue weighted by Gasteiger charge is 2.15. The highest BCUT2D eigenvalue weighted by Crippen LogP contribution is 2.27. The number of carboxylic acid groups (broad SMARTS) is 1. The second kappa shape index (κ2) is 6.00. The Labute approximate surface area is 105 Å². The van der Waals surface area contributed by atoms with E-state index in [0.717, 1.165) is 5.69 Å². The molecule has 0 heterocycles. The number of rotatable bonds is 6. The lowest BCUT2D eigenvalue weighted by Crippen LogP contribution is -2.20. The van der Waals surface area contributed by atoms with Gasteiger partial charge in [-0.25, -0.2) is 0 Å². The van der Waals surface area contributed by atoms with Gasteiger partial charge >= 0.3 is 5.97 Å². The third-order valence-corrected chi connectivity index (χ3v) is 2.77. The lowest BCUT2D eigenvalue weighted by atomic mass is 10.1. The van der Waals surface area contributed by atoms with E-state index < -0.39 is 10.9 Å². The Morgan fingerprint density at radius 1 is 1.50 bits per heavy atom. The maximum atomic E-state index is 10.8. The first-order chi connectivity index (χ1) is 8.43. The molecule has 1 N–H and O–H groups in total. The molecular weight excluding hydrogens is 236 g/mol. The van der Waals surface area contributed by atoms with Crippen molar-refractivity contribution in [3.8, 4) is 0 Å². The predicted octanol–water partition coefficient (Wildman–Crippen LogP) is 2.20. The van der Waals surface area contributed by atoms with E-state index in [4.69, 9.17) is 5.11 Å². The van der Waals surface area contributed by atoms with E-state index in [-0.39, 0.29) is 12.1 Å². The maximum Gasteiger partial charge on any atom is 0.303 e. The van der Waals surface area contributed by atoms with Crippen LogP contribution in [0.1, 0.15) is 18.4 Å². The van der Waals surface area contributed by atoms with Crippen molar-refractivity contribution in [2.75, 3.05) is 18.5 Å². The molecule has 6 nitrogen and oxygen atoms in total. The van der Waals surface area contributed by atoms with Crippen molar-refractivity contribution in [3.63, 3.8) is 0 Å². The highest BCUT2D eigenvalue weighted by atomic mass is 16.6. The normalized spacial score (nSPS) is 10.1. The Balaban J connectivity index is 2.79. The zero-order valence-corrected chi connectivity index (χ0v) is 10.4. The molecule has 0 aliphatic rings. The first-order valence-electron chi connectivity index (χ1n) is 5.60. The SMILES string of the molecule is Cc1c(N(C)CCCC(=O)O)cccc1[N+](=O)[O-]. The van der Waals surface area contributed by atoms with Crippen LogP contribution in [0.5, 0.6) is 0 Å². The Morgan fingerprint density at radius 2 is 2.17 bits per heavy atom. The second-order valence-electron chi connectivity index (χ2n) is 4.10. The summed E-state index contributed by atoms with van der Waals surface area (Å²) < 4.78 is 0. The molecule has 0 aliphatic carbocycles. The lowest BCUT2D eigenvalue weighted by molar-refractivity contribution is -0.385. The van der Waals surface area contributed by atoms with Crippen LogP contribution in [0.25, 0.3) is 0 Å². The second-order valence-corrected chi connectivity index (χ2v) is 4.10. The molecular formula is C12H16N2O4. The largest absolute Gasteiger partial charge is 0.481 e. The van der Waals surface area contributed by atoms with E-state index in [1.54, 1.807) is 26.1 Å². The van der Waals surface area contributed by atoms with Gasteiger partial charge in [-0.3, -0.25) is 14.9 Å². The zero-order chi connectivity index (χ0) is 13.7. The lowest BCUT2D eigenvalue weighted by Gasteiger charge is -2.20. The summed E-state index contributed by atoms with van der Waals surface area (Å²) in [6.07, 6.45) is 0.603. The molecule has 0 spiro atoms. The van der Waals surface area contributed by atoms with Crippen molar-refractivity contribution < 1.29 is 14.8 Å². The number of carboxylic acids is 1. The summed E-state index contributed by atoms with van der Waals surface area (Å²) in [6, 6.07) is 4.89. The molecule has 1 aromatic rings. The first kappa shape index (κ1) is 14.0. The van der Waals surface area contributed by atoms with Crippen LogP contribution in [0, 0.1) is 17.0 Å². The Morgan fingerprint density at radius 3 is 2.72 bits per heavy atom. The predicted molar refractivity (Wildman–Crippen MR) is 68.0 cm³/mol. The zero-order valence-electron chi connectivity index (χ0n) is 10.4. The van der Waals surface area contributed by atoms with Gasteiger partial charge in [0.05, 0.1) is 4.92 Å². The standard InChI is InChI=1S/C12H16N2O4/c1-9-10(5-3-6-11(9)14(17)18)13(2)8-4-7-12(15)16/h3,5-6H,4,7-8H2,1-2H3,(H,15,16). The van der Waals surface area contributed by atoms with Crippen LogP contribution in [0.2, 0.25) is 0 Å². The van der Waals surface area contributed by atoms with E-state index >= 15 is 0 Å². The summed E-state index contributed by atoms with van der Waals surface area (Å²) in [6.45, 7) is 2.25. The number of aliphatic carboxylic acids is 1. The smallest absolute Gasteiger partial charge is 0.303 e. The van der Waals surface area contributed by atoms with Gasteiger partial charge in [0, 0.05) is 37.3 Å². The molecule has 0 unspecified atom stereocenters. The van der Waals surface area contributed by atoms with Gasteiger partial charge in [-0.1, -0.05) is 6.07 Å². The summed E-state index contributed by atoms with van der Waals surface area (Å²) in [5, 5.41) is 19.4. The van der Waals surface area contributed by atoms with Crippen molar-refractivity contribution in [2.24, 2.45) is 0 Å². The van der Waals surface area contributed by atoms with Gasteiger partial charge in [-0.05, 0) is 19.4 Å². The maximum absolute atomic E-state index is 10.8. The van der Waals surface area contributed by atoms with Crippen LogP contribution < -0.4 is 4.90 Å². The Kier molecular flexibility index (Phi) is 4.65.